The maximum atomic E-state index is 11.7. The monoisotopic (exact) mass is 247 g/mol. The first-order valence-corrected chi connectivity index (χ1v) is 6.50. The maximum absolute atomic E-state index is 11.7. The lowest BCUT2D eigenvalue weighted by Crippen LogP contribution is -2.13. The molecule has 0 radical (unpaired) electrons. The second kappa shape index (κ2) is 3.28. The number of hydrogen-bond acceptors (Lipinski definition) is 3. The standard InChI is InChI=1S/C11H9N3O2S/c12-17(15,16)10-7-3-1-2-4-9(7)14-11-8(10)5-6-13-11/h1-6H,(H,13,14)(H2,12,15,16). The van der Waals surface area contributed by atoms with Gasteiger partial charge in [0.2, 0.25) is 10.0 Å². The molecule has 86 valence electrons. The van der Waals surface area contributed by atoms with Crippen molar-refractivity contribution in [2.45, 2.75) is 4.90 Å². The summed E-state index contributed by atoms with van der Waals surface area (Å²) in [5, 5.41) is 6.34. The van der Waals surface area contributed by atoms with Gasteiger partial charge in [0.1, 0.15) is 10.5 Å². The smallest absolute Gasteiger partial charge is 0.239 e. The van der Waals surface area contributed by atoms with Crippen molar-refractivity contribution in [3.8, 4) is 0 Å². The normalized spacial score (nSPS) is 12.3. The van der Waals surface area contributed by atoms with Crippen LogP contribution in [-0.2, 0) is 10.0 Å². The van der Waals surface area contributed by atoms with Gasteiger partial charge in [-0.3, -0.25) is 0 Å². The number of fused-ring (bicyclic) bond motifs is 2. The number of benzene rings is 1. The Kier molecular flexibility index (Phi) is 1.98. The van der Waals surface area contributed by atoms with E-state index in [1.165, 1.54) is 0 Å². The van der Waals surface area contributed by atoms with Crippen molar-refractivity contribution in [1.82, 2.24) is 9.97 Å². The van der Waals surface area contributed by atoms with Gasteiger partial charge in [-0.05, 0) is 12.1 Å². The van der Waals surface area contributed by atoms with Crippen molar-refractivity contribution in [2.24, 2.45) is 5.14 Å². The van der Waals surface area contributed by atoms with Gasteiger partial charge in [-0.15, -0.1) is 0 Å². The number of rotatable bonds is 1. The molecular formula is C11H9N3O2S. The van der Waals surface area contributed by atoms with Crippen LogP contribution < -0.4 is 5.14 Å². The van der Waals surface area contributed by atoms with Gasteiger partial charge in [-0.2, -0.15) is 0 Å². The Morgan fingerprint density at radius 1 is 1.12 bits per heavy atom. The quantitative estimate of drug-likeness (QED) is 0.680. The van der Waals surface area contributed by atoms with Crippen LogP contribution in [-0.4, -0.2) is 18.4 Å². The zero-order valence-corrected chi connectivity index (χ0v) is 9.53. The van der Waals surface area contributed by atoms with E-state index in [1.807, 2.05) is 0 Å². The number of H-pyrrole nitrogens is 1. The van der Waals surface area contributed by atoms with Crippen molar-refractivity contribution in [3.05, 3.63) is 36.5 Å². The Hall–Kier alpha value is -1.92. The summed E-state index contributed by atoms with van der Waals surface area (Å²) in [7, 11) is -3.79. The average molecular weight is 247 g/mol. The first-order valence-electron chi connectivity index (χ1n) is 4.96. The molecule has 5 nitrogen and oxygen atoms in total. The van der Waals surface area contributed by atoms with E-state index in [0.29, 0.717) is 21.9 Å². The Morgan fingerprint density at radius 2 is 1.88 bits per heavy atom. The highest BCUT2D eigenvalue weighted by Gasteiger charge is 2.18. The van der Waals surface area contributed by atoms with Crippen molar-refractivity contribution >= 4 is 32.0 Å². The van der Waals surface area contributed by atoms with Crippen molar-refractivity contribution < 1.29 is 8.42 Å². The fourth-order valence-electron chi connectivity index (χ4n) is 1.97. The lowest BCUT2D eigenvalue weighted by molar-refractivity contribution is 0.599. The molecule has 0 amide bonds. The third-order valence-electron chi connectivity index (χ3n) is 2.64. The average Bonchev–Trinajstić information content (AvgIpc) is 2.71. The van der Waals surface area contributed by atoms with Crippen LogP contribution in [0.3, 0.4) is 0 Å². The van der Waals surface area contributed by atoms with Gasteiger partial charge >= 0.3 is 0 Å². The molecular weight excluding hydrogens is 238 g/mol. The van der Waals surface area contributed by atoms with E-state index in [9.17, 15) is 8.42 Å². The lowest BCUT2D eigenvalue weighted by Gasteiger charge is -2.05. The number of hydrogen-bond donors (Lipinski definition) is 2. The molecule has 17 heavy (non-hydrogen) atoms. The topological polar surface area (TPSA) is 88.8 Å². The van der Waals surface area contributed by atoms with Crippen LogP contribution in [0.1, 0.15) is 0 Å². The molecule has 2 aromatic heterocycles. The summed E-state index contributed by atoms with van der Waals surface area (Å²) in [6.45, 7) is 0. The minimum atomic E-state index is -3.79. The molecule has 0 aliphatic heterocycles. The Balaban J connectivity index is 2.67. The number of aromatic nitrogens is 2. The maximum Gasteiger partial charge on any atom is 0.239 e. The Morgan fingerprint density at radius 3 is 2.65 bits per heavy atom. The molecule has 0 saturated carbocycles. The first kappa shape index (κ1) is 10.2. The summed E-state index contributed by atoms with van der Waals surface area (Å²) >= 11 is 0. The zero-order chi connectivity index (χ0) is 12.0. The number of primary sulfonamides is 1. The van der Waals surface area contributed by atoms with Crippen molar-refractivity contribution in [3.63, 3.8) is 0 Å². The molecule has 0 spiro atoms. The summed E-state index contributed by atoms with van der Waals surface area (Å²) < 4.78 is 23.4. The van der Waals surface area contributed by atoms with Gasteiger partial charge in [0.25, 0.3) is 0 Å². The van der Waals surface area contributed by atoms with E-state index < -0.39 is 10.0 Å². The van der Waals surface area contributed by atoms with E-state index >= 15 is 0 Å². The van der Waals surface area contributed by atoms with Crippen LogP contribution in [0.25, 0.3) is 21.9 Å². The van der Waals surface area contributed by atoms with E-state index in [2.05, 4.69) is 9.97 Å². The molecule has 6 heteroatoms. The van der Waals surface area contributed by atoms with Gasteiger partial charge in [-0.25, -0.2) is 18.5 Å². The molecule has 2 heterocycles. The fraction of sp³-hybridized carbons (Fsp3) is 0. The van der Waals surface area contributed by atoms with Crippen molar-refractivity contribution in [1.29, 1.82) is 0 Å². The first-order chi connectivity index (χ1) is 8.07. The van der Waals surface area contributed by atoms with Gasteiger partial charge in [-0.1, -0.05) is 18.2 Å². The second-order valence-corrected chi connectivity index (χ2v) is 5.24. The van der Waals surface area contributed by atoms with E-state index in [1.54, 1.807) is 36.5 Å². The number of sulfonamides is 1. The van der Waals surface area contributed by atoms with Crippen LogP contribution in [0.15, 0.2) is 41.4 Å². The predicted octanol–water partition coefficient (Wildman–Crippen LogP) is 1.36. The highest BCUT2D eigenvalue weighted by Crippen LogP contribution is 2.28. The molecule has 0 bridgehead atoms. The van der Waals surface area contributed by atoms with E-state index in [4.69, 9.17) is 5.14 Å². The largest absolute Gasteiger partial charge is 0.346 e. The summed E-state index contributed by atoms with van der Waals surface area (Å²) in [5.41, 5.74) is 1.12. The van der Waals surface area contributed by atoms with Gasteiger partial charge < -0.3 is 4.98 Å². The lowest BCUT2D eigenvalue weighted by atomic mass is 10.2. The minimum Gasteiger partial charge on any atom is -0.346 e. The molecule has 3 N–H and O–H groups in total. The molecule has 3 aromatic rings. The number of nitrogens with zero attached hydrogens (tertiary/aromatic N) is 1. The SMILES string of the molecule is NS(=O)(=O)c1c2ccccc2nc2[nH]ccc12. The molecule has 3 rings (SSSR count). The zero-order valence-electron chi connectivity index (χ0n) is 8.71. The van der Waals surface area contributed by atoms with E-state index in [0.717, 1.165) is 0 Å². The van der Waals surface area contributed by atoms with Gasteiger partial charge in [0.15, 0.2) is 0 Å². The molecule has 1 aromatic carbocycles. The minimum absolute atomic E-state index is 0.124. The number of para-hydroxylation sites is 1. The molecule has 0 fully saturated rings. The third kappa shape index (κ3) is 1.49. The molecule has 0 saturated heterocycles. The van der Waals surface area contributed by atoms with Crippen LogP contribution in [0.4, 0.5) is 0 Å². The summed E-state index contributed by atoms with van der Waals surface area (Å²) in [4.78, 5) is 7.35. The predicted molar refractivity (Wildman–Crippen MR) is 65.0 cm³/mol. The molecule has 0 aliphatic rings. The highest BCUT2D eigenvalue weighted by molar-refractivity contribution is 7.89. The van der Waals surface area contributed by atoms with Gasteiger partial charge in [0, 0.05) is 17.0 Å². The van der Waals surface area contributed by atoms with Crippen LogP contribution in [0.2, 0.25) is 0 Å². The Labute approximate surface area is 97.3 Å². The van der Waals surface area contributed by atoms with Crippen molar-refractivity contribution in [2.75, 3.05) is 0 Å². The summed E-state index contributed by atoms with van der Waals surface area (Å²) in [6, 6.07) is 8.68. The highest BCUT2D eigenvalue weighted by atomic mass is 32.2. The van der Waals surface area contributed by atoms with Crippen LogP contribution >= 0.6 is 0 Å². The summed E-state index contributed by atoms with van der Waals surface area (Å²) in [5.74, 6) is 0. The number of nitrogens with two attached hydrogens (primary N) is 1. The fourth-order valence-corrected chi connectivity index (χ4v) is 2.92. The molecule has 0 unspecified atom stereocenters. The second-order valence-electron chi connectivity index (χ2n) is 3.74. The number of pyridine rings is 1. The number of nitrogens with one attached hydrogen (secondary N) is 1. The summed E-state index contributed by atoms with van der Waals surface area (Å²) in [6.07, 6.45) is 1.64. The third-order valence-corrected chi connectivity index (χ3v) is 3.64. The van der Waals surface area contributed by atoms with E-state index in [-0.39, 0.29) is 4.90 Å². The molecule has 0 atom stereocenters. The Bertz CT molecular complexity index is 821. The molecule has 0 aliphatic carbocycles. The van der Waals surface area contributed by atoms with Crippen LogP contribution in [0.5, 0.6) is 0 Å². The van der Waals surface area contributed by atoms with Gasteiger partial charge in [0.05, 0.1) is 5.52 Å². The number of aromatic amines is 1. The van der Waals surface area contributed by atoms with Crippen LogP contribution in [0, 0.1) is 0 Å².